The zero-order valence-corrected chi connectivity index (χ0v) is 12.6. The van der Waals surface area contributed by atoms with Crippen LogP contribution in [0, 0.1) is 0 Å². The monoisotopic (exact) mass is 280 g/mol. The molecule has 3 rings (SSSR count). The van der Waals surface area contributed by atoms with Gasteiger partial charge in [0.25, 0.3) is 0 Å². The number of rotatable bonds is 5. The van der Waals surface area contributed by atoms with Gasteiger partial charge in [-0.2, -0.15) is 0 Å². The van der Waals surface area contributed by atoms with Gasteiger partial charge in [0.15, 0.2) is 0 Å². The lowest BCUT2D eigenvalue weighted by Crippen LogP contribution is -2.39. The summed E-state index contributed by atoms with van der Waals surface area (Å²) in [5.74, 6) is 0.230. The number of fused-ring (bicyclic) bond motifs is 3. The molecule has 0 aromatic heterocycles. The van der Waals surface area contributed by atoms with E-state index in [0.717, 1.165) is 22.3 Å². The summed E-state index contributed by atoms with van der Waals surface area (Å²) in [5, 5.41) is 0. The Morgan fingerprint density at radius 3 is 1.95 bits per heavy atom. The fourth-order valence-electron chi connectivity index (χ4n) is 3.42. The van der Waals surface area contributed by atoms with Gasteiger partial charge in [0, 0.05) is 13.0 Å². The van der Waals surface area contributed by atoms with E-state index >= 15 is 0 Å². The van der Waals surface area contributed by atoms with Gasteiger partial charge in [-0.25, -0.2) is 0 Å². The van der Waals surface area contributed by atoms with Gasteiger partial charge in [-0.15, -0.1) is 0 Å². The highest BCUT2D eigenvalue weighted by molar-refractivity contribution is 6.01. The van der Waals surface area contributed by atoms with E-state index in [1.165, 1.54) is 0 Å². The second-order valence-electron chi connectivity index (χ2n) is 5.41. The average molecular weight is 280 g/mol. The minimum Gasteiger partial charge on any atom is -0.380 e. The summed E-state index contributed by atoms with van der Waals surface area (Å²) in [4.78, 5) is 12.9. The topological polar surface area (TPSA) is 26.3 Å². The molecule has 1 aliphatic rings. The van der Waals surface area contributed by atoms with Gasteiger partial charge in [-0.3, -0.25) is 4.79 Å². The van der Waals surface area contributed by atoms with Crippen molar-refractivity contribution < 1.29 is 9.53 Å². The Hall–Kier alpha value is -1.93. The van der Waals surface area contributed by atoms with Crippen molar-refractivity contribution in [1.82, 2.24) is 0 Å². The zero-order chi connectivity index (χ0) is 14.9. The molecule has 2 aromatic rings. The average Bonchev–Trinajstić information content (AvgIpc) is 2.84. The molecular weight excluding hydrogens is 260 g/mol. The van der Waals surface area contributed by atoms with Crippen LogP contribution < -0.4 is 0 Å². The van der Waals surface area contributed by atoms with Crippen molar-refractivity contribution in [3.8, 4) is 11.1 Å². The van der Waals surface area contributed by atoms with Crippen molar-refractivity contribution in [3.63, 3.8) is 0 Å². The lowest BCUT2D eigenvalue weighted by molar-refractivity contribution is -0.124. The van der Waals surface area contributed by atoms with E-state index in [2.05, 4.69) is 24.3 Å². The quantitative estimate of drug-likeness (QED) is 0.828. The minimum absolute atomic E-state index is 0.230. The van der Waals surface area contributed by atoms with Crippen LogP contribution in [0.5, 0.6) is 0 Å². The first-order valence-corrected chi connectivity index (χ1v) is 7.56. The van der Waals surface area contributed by atoms with Gasteiger partial charge in [-0.1, -0.05) is 55.5 Å². The first kappa shape index (κ1) is 14.0. The third-order valence-electron chi connectivity index (χ3n) is 4.38. The van der Waals surface area contributed by atoms with Crippen LogP contribution in [0.2, 0.25) is 0 Å². The van der Waals surface area contributed by atoms with Crippen LogP contribution in [0.3, 0.4) is 0 Å². The molecular formula is C19H20O2. The number of ether oxygens (including phenoxy) is 1. The Morgan fingerprint density at radius 1 is 0.952 bits per heavy atom. The molecule has 0 spiro atoms. The Labute approximate surface area is 125 Å². The Morgan fingerprint density at radius 2 is 1.48 bits per heavy atom. The summed E-state index contributed by atoms with van der Waals surface area (Å²) in [6, 6.07) is 16.4. The molecule has 2 heteroatoms. The fraction of sp³-hybridized carbons (Fsp3) is 0.316. The van der Waals surface area contributed by atoms with Gasteiger partial charge in [0.2, 0.25) is 0 Å². The van der Waals surface area contributed by atoms with Crippen LogP contribution >= 0.6 is 0 Å². The van der Waals surface area contributed by atoms with Gasteiger partial charge in [0.05, 0.1) is 6.61 Å². The number of hydrogen-bond donors (Lipinski definition) is 0. The summed E-state index contributed by atoms with van der Waals surface area (Å²) < 4.78 is 5.74. The van der Waals surface area contributed by atoms with Crippen LogP contribution in [-0.2, 0) is 14.9 Å². The van der Waals surface area contributed by atoms with Crippen LogP contribution in [0.1, 0.15) is 31.4 Å². The molecule has 0 saturated heterocycles. The summed E-state index contributed by atoms with van der Waals surface area (Å²) in [5.41, 5.74) is 3.86. The number of carbonyl (C=O) groups excluding carboxylic acids is 1. The van der Waals surface area contributed by atoms with E-state index in [1.54, 1.807) is 0 Å². The molecule has 0 saturated carbocycles. The zero-order valence-electron chi connectivity index (χ0n) is 12.6. The van der Waals surface area contributed by atoms with Crippen LogP contribution in [-0.4, -0.2) is 19.0 Å². The molecule has 0 fully saturated rings. The van der Waals surface area contributed by atoms with Crippen molar-refractivity contribution in [1.29, 1.82) is 0 Å². The van der Waals surface area contributed by atoms with E-state index in [0.29, 0.717) is 19.6 Å². The number of benzene rings is 2. The largest absolute Gasteiger partial charge is 0.380 e. The summed E-state index contributed by atoms with van der Waals surface area (Å²) in [7, 11) is 0. The molecule has 2 aromatic carbocycles. The molecule has 0 aliphatic heterocycles. The fourth-order valence-corrected chi connectivity index (χ4v) is 3.42. The number of ketones is 1. The first-order valence-electron chi connectivity index (χ1n) is 7.56. The normalized spacial score (nSPS) is 14.6. The predicted molar refractivity (Wildman–Crippen MR) is 84.4 cm³/mol. The van der Waals surface area contributed by atoms with Crippen LogP contribution in [0.15, 0.2) is 48.5 Å². The number of Topliss-reactive ketones (excluding diaryl/α,β-unsaturated/α-hetero) is 1. The Kier molecular flexibility index (Phi) is 3.64. The predicted octanol–water partition coefficient (Wildman–Crippen LogP) is 3.97. The second kappa shape index (κ2) is 5.45. The van der Waals surface area contributed by atoms with E-state index in [-0.39, 0.29) is 5.78 Å². The van der Waals surface area contributed by atoms with Crippen LogP contribution in [0.4, 0.5) is 0 Å². The lowest BCUT2D eigenvalue weighted by Gasteiger charge is -2.30. The van der Waals surface area contributed by atoms with Crippen molar-refractivity contribution in [3.05, 3.63) is 59.7 Å². The third kappa shape index (κ3) is 1.94. The molecule has 0 atom stereocenters. The molecule has 21 heavy (non-hydrogen) atoms. The maximum atomic E-state index is 12.9. The van der Waals surface area contributed by atoms with E-state index in [1.807, 2.05) is 38.1 Å². The van der Waals surface area contributed by atoms with Gasteiger partial charge >= 0.3 is 0 Å². The van der Waals surface area contributed by atoms with Crippen LogP contribution in [0.25, 0.3) is 11.1 Å². The first-order chi connectivity index (χ1) is 10.3. The smallest absolute Gasteiger partial charge is 0.149 e. The highest BCUT2D eigenvalue weighted by Crippen LogP contribution is 2.49. The minimum atomic E-state index is -0.641. The van der Waals surface area contributed by atoms with Gasteiger partial charge < -0.3 is 4.74 Å². The molecule has 1 aliphatic carbocycles. The second-order valence-corrected chi connectivity index (χ2v) is 5.41. The summed E-state index contributed by atoms with van der Waals surface area (Å²) >= 11 is 0. The summed E-state index contributed by atoms with van der Waals surface area (Å²) in [6.45, 7) is 4.93. The third-order valence-corrected chi connectivity index (χ3v) is 4.38. The number of hydrogen-bond acceptors (Lipinski definition) is 2. The van der Waals surface area contributed by atoms with Crippen molar-refractivity contribution in [2.45, 2.75) is 25.7 Å². The standard InChI is InChI=1S/C19H20O2/c1-3-18(20)19(13-21-4-2)16-11-7-5-9-14(16)15-10-6-8-12-17(15)19/h5-12H,3-4,13H2,1-2H3. The molecule has 108 valence electrons. The highest BCUT2D eigenvalue weighted by atomic mass is 16.5. The molecule has 0 N–H and O–H groups in total. The SMILES string of the molecule is CCOCC1(C(=O)CC)c2ccccc2-c2ccccc21. The van der Waals surface area contributed by atoms with E-state index in [4.69, 9.17) is 4.74 Å². The highest BCUT2D eigenvalue weighted by Gasteiger charge is 2.47. The molecule has 0 radical (unpaired) electrons. The maximum Gasteiger partial charge on any atom is 0.149 e. The van der Waals surface area contributed by atoms with Gasteiger partial charge in [-0.05, 0) is 29.2 Å². The van der Waals surface area contributed by atoms with E-state index < -0.39 is 5.41 Å². The Bertz CT molecular complexity index is 627. The molecule has 0 bridgehead atoms. The van der Waals surface area contributed by atoms with Gasteiger partial charge in [0.1, 0.15) is 11.2 Å². The molecule has 0 amide bonds. The summed E-state index contributed by atoms with van der Waals surface area (Å²) in [6.07, 6.45) is 0.510. The number of carbonyl (C=O) groups is 1. The van der Waals surface area contributed by atoms with Crippen molar-refractivity contribution in [2.24, 2.45) is 0 Å². The maximum absolute atomic E-state index is 12.9. The van der Waals surface area contributed by atoms with Crippen molar-refractivity contribution >= 4 is 5.78 Å². The molecule has 2 nitrogen and oxygen atoms in total. The van der Waals surface area contributed by atoms with E-state index in [9.17, 15) is 4.79 Å². The molecule has 0 heterocycles. The molecule has 0 unspecified atom stereocenters. The Balaban J connectivity index is 2.29. The lowest BCUT2D eigenvalue weighted by atomic mass is 9.74. The van der Waals surface area contributed by atoms with Crippen molar-refractivity contribution in [2.75, 3.05) is 13.2 Å².